The lowest BCUT2D eigenvalue weighted by molar-refractivity contribution is 0.450. The van der Waals surface area contributed by atoms with Crippen molar-refractivity contribution in [2.24, 2.45) is 0 Å². The maximum absolute atomic E-state index is 6.13. The Kier molecular flexibility index (Phi) is 3.37. The van der Waals surface area contributed by atoms with Gasteiger partial charge in [-0.2, -0.15) is 0 Å². The van der Waals surface area contributed by atoms with E-state index in [0.29, 0.717) is 6.04 Å². The summed E-state index contributed by atoms with van der Waals surface area (Å²) in [5.41, 5.74) is 9.53. The molecule has 0 bridgehead atoms. The minimum Gasteiger partial charge on any atom is -0.397 e. The number of nitrogens with two attached hydrogens (primary N) is 1. The molecule has 0 saturated carbocycles. The van der Waals surface area contributed by atoms with E-state index in [1.54, 1.807) is 0 Å². The zero-order valence-corrected chi connectivity index (χ0v) is 10.4. The molecule has 1 aromatic rings. The quantitative estimate of drug-likeness (QED) is 0.771. The summed E-state index contributed by atoms with van der Waals surface area (Å²) >= 11 is 0. The van der Waals surface area contributed by atoms with Crippen LogP contribution >= 0.6 is 0 Å². The normalized spacial score (nSPS) is 21.1. The Bertz CT molecular complexity index is 360. The van der Waals surface area contributed by atoms with Crippen LogP contribution in [0.3, 0.4) is 0 Å². The Hall–Kier alpha value is -1.18. The van der Waals surface area contributed by atoms with Gasteiger partial charge in [-0.3, -0.25) is 0 Å². The summed E-state index contributed by atoms with van der Waals surface area (Å²) in [6.45, 7) is 5.52. The van der Waals surface area contributed by atoms with E-state index in [2.05, 4.69) is 36.9 Å². The van der Waals surface area contributed by atoms with E-state index in [1.165, 1.54) is 36.9 Å². The number of nitrogen functional groups attached to an aromatic ring is 1. The third kappa shape index (κ3) is 2.16. The van der Waals surface area contributed by atoms with Gasteiger partial charge >= 0.3 is 0 Å². The zero-order valence-electron chi connectivity index (χ0n) is 10.4. The molecule has 0 aliphatic carbocycles. The first-order chi connectivity index (χ1) is 7.72. The predicted octanol–water partition coefficient (Wildman–Crippen LogP) is 3.35. The van der Waals surface area contributed by atoms with Crippen molar-refractivity contribution in [3.63, 3.8) is 0 Å². The average Bonchev–Trinajstić information content (AvgIpc) is 2.29. The van der Waals surface area contributed by atoms with Crippen LogP contribution in [0.2, 0.25) is 0 Å². The first kappa shape index (κ1) is 11.3. The third-order valence-corrected chi connectivity index (χ3v) is 3.59. The number of hydrogen-bond donors (Lipinski definition) is 1. The van der Waals surface area contributed by atoms with Crippen LogP contribution in [-0.4, -0.2) is 12.6 Å². The molecule has 1 aromatic carbocycles. The van der Waals surface area contributed by atoms with E-state index < -0.39 is 0 Å². The lowest BCUT2D eigenvalue weighted by Gasteiger charge is -2.37. The van der Waals surface area contributed by atoms with Crippen molar-refractivity contribution >= 4 is 11.4 Å². The molecule has 0 unspecified atom stereocenters. The largest absolute Gasteiger partial charge is 0.397 e. The molecule has 0 amide bonds. The van der Waals surface area contributed by atoms with Gasteiger partial charge in [0.05, 0.1) is 11.4 Å². The molecule has 1 heterocycles. The Morgan fingerprint density at radius 2 is 2.19 bits per heavy atom. The summed E-state index contributed by atoms with van der Waals surface area (Å²) in [7, 11) is 0. The van der Waals surface area contributed by atoms with E-state index in [4.69, 9.17) is 5.73 Å². The highest BCUT2D eigenvalue weighted by Crippen LogP contribution is 2.31. The maximum atomic E-state index is 6.13. The fourth-order valence-electron chi connectivity index (χ4n) is 2.68. The number of aryl methyl sites for hydroxylation is 1. The van der Waals surface area contributed by atoms with Crippen LogP contribution in [0, 0.1) is 6.92 Å². The lowest BCUT2D eigenvalue weighted by Crippen LogP contribution is -2.39. The molecular formula is C14H22N2. The van der Waals surface area contributed by atoms with Crippen LogP contribution < -0.4 is 10.6 Å². The van der Waals surface area contributed by atoms with Crippen molar-refractivity contribution in [1.29, 1.82) is 0 Å². The van der Waals surface area contributed by atoms with Crippen LogP contribution in [-0.2, 0) is 0 Å². The summed E-state index contributed by atoms with van der Waals surface area (Å²) in [6, 6.07) is 7.10. The van der Waals surface area contributed by atoms with E-state index in [9.17, 15) is 0 Å². The number of benzene rings is 1. The van der Waals surface area contributed by atoms with Crippen molar-refractivity contribution in [2.75, 3.05) is 17.2 Å². The summed E-state index contributed by atoms with van der Waals surface area (Å²) in [6.07, 6.45) is 5.18. The molecule has 2 nitrogen and oxygen atoms in total. The number of hydrogen-bond acceptors (Lipinski definition) is 2. The molecule has 1 saturated heterocycles. The molecule has 16 heavy (non-hydrogen) atoms. The first-order valence-electron chi connectivity index (χ1n) is 6.35. The number of anilines is 2. The van der Waals surface area contributed by atoms with Crippen LogP contribution in [0.5, 0.6) is 0 Å². The topological polar surface area (TPSA) is 29.3 Å². The Balaban J connectivity index is 2.27. The van der Waals surface area contributed by atoms with Gasteiger partial charge in [-0.15, -0.1) is 0 Å². The van der Waals surface area contributed by atoms with Gasteiger partial charge in [0.2, 0.25) is 0 Å². The highest BCUT2D eigenvalue weighted by Gasteiger charge is 2.22. The Labute approximate surface area is 98.4 Å². The molecule has 0 radical (unpaired) electrons. The Morgan fingerprint density at radius 3 is 2.88 bits per heavy atom. The minimum absolute atomic E-state index is 0.679. The van der Waals surface area contributed by atoms with Crippen LogP contribution in [0.15, 0.2) is 18.2 Å². The Morgan fingerprint density at radius 1 is 1.38 bits per heavy atom. The molecular weight excluding hydrogens is 196 g/mol. The molecule has 1 fully saturated rings. The van der Waals surface area contributed by atoms with Crippen molar-refractivity contribution in [2.45, 2.75) is 45.6 Å². The summed E-state index contributed by atoms with van der Waals surface area (Å²) in [5, 5.41) is 0. The van der Waals surface area contributed by atoms with Crippen molar-refractivity contribution in [3.05, 3.63) is 23.8 Å². The molecule has 1 aliphatic rings. The van der Waals surface area contributed by atoms with Crippen molar-refractivity contribution in [3.8, 4) is 0 Å². The minimum atomic E-state index is 0.679. The van der Waals surface area contributed by atoms with Crippen LogP contribution in [0.4, 0.5) is 11.4 Å². The highest BCUT2D eigenvalue weighted by atomic mass is 15.2. The standard InChI is InChI=1S/C14H22N2/c1-3-12-6-4-5-9-16(12)14-8-7-11(2)10-13(14)15/h7-8,10,12H,3-6,9,15H2,1-2H3/t12-/m1/s1. The molecule has 88 valence electrons. The predicted molar refractivity (Wildman–Crippen MR) is 70.9 cm³/mol. The van der Waals surface area contributed by atoms with Crippen molar-refractivity contribution in [1.82, 2.24) is 0 Å². The van der Waals surface area contributed by atoms with E-state index in [-0.39, 0.29) is 0 Å². The molecule has 2 N–H and O–H groups in total. The fraction of sp³-hybridized carbons (Fsp3) is 0.571. The number of nitrogens with zero attached hydrogens (tertiary/aromatic N) is 1. The molecule has 0 aromatic heterocycles. The molecule has 1 aliphatic heterocycles. The second kappa shape index (κ2) is 4.77. The second-order valence-corrected chi connectivity index (χ2v) is 4.81. The SMILES string of the molecule is CC[C@@H]1CCCCN1c1ccc(C)cc1N. The van der Waals surface area contributed by atoms with E-state index in [1.807, 2.05) is 0 Å². The average molecular weight is 218 g/mol. The van der Waals surface area contributed by atoms with E-state index >= 15 is 0 Å². The van der Waals surface area contributed by atoms with Gasteiger partial charge in [0.15, 0.2) is 0 Å². The number of rotatable bonds is 2. The third-order valence-electron chi connectivity index (χ3n) is 3.59. The van der Waals surface area contributed by atoms with Gasteiger partial charge in [0.25, 0.3) is 0 Å². The second-order valence-electron chi connectivity index (χ2n) is 4.81. The van der Waals surface area contributed by atoms with E-state index in [0.717, 1.165) is 12.2 Å². The number of piperidine rings is 1. The molecule has 0 spiro atoms. The van der Waals surface area contributed by atoms with Crippen LogP contribution in [0.1, 0.15) is 38.2 Å². The monoisotopic (exact) mass is 218 g/mol. The highest BCUT2D eigenvalue weighted by molar-refractivity contribution is 5.69. The van der Waals surface area contributed by atoms with Crippen LogP contribution in [0.25, 0.3) is 0 Å². The van der Waals surface area contributed by atoms with Crippen molar-refractivity contribution < 1.29 is 0 Å². The first-order valence-corrected chi connectivity index (χ1v) is 6.35. The van der Waals surface area contributed by atoms with Gasteiger partial charge in [-0.1, -0.05) is 13.0 Å². The van der Waals surface area contributed by atoms with Gasteiger partial charge < -0.3 is 10.6 Å². The molecule has 2 heteroatoms. The summed E-state index contributed by atoms with van der Waals surface area (Å²) < 4.78 is 0. The van der Waals surface area contributed by atoms with Gasteiger partial charge in [-0.25, -0.2) is 0 Å². The van der Waals surface area contributed by atoms with Gasteiger partial charge in [0.1, 0.15) is 0 Å². The lowest BCUT2D eigenvalue weighted by atomic mass is 9.98. The molecule has 2 rings (SSSR count). The maximum Gasteiger partial charge on any atom is 0.0602 e. The smallest absolute Gasteiger partial charge is 0.0602 e. The zero-order chi connectivity index (χ0) is 11.5. The fourth-order valence-corrected chi connectivity index (χ4v) is 2.68. The summed E-state index contributed by atoms with van der Waals surface area (Å²) in [5.74, 6) is 0. The van der Waals surface area contributed by atoms with Gasteiger partial charge in [-0.05, 0) is 50.3 Å². The summed E-state index contributed by atoms with van der Waals surface area (Å²) in [4.78, 5) is 2.50. The molecule has 1 atom stereocenters. The van der Waals surface area contributed by atoms with Gasteiger partial charge in [0, 0.05) is 12.6 Å².